The smallest absolute Gasteiger partial charge is 0.0992 e. The van der Waals surface area contributed by atoms with Crippen LogP contribution in [0.15, 0.2) is 59.6 Å². The minimum atomic E-state index is 0.408. The van der Waals surface area contributed by atoms with Crippen molar-refractivity contribution in [1.29, 1.82) is 0 Å². The van der Waals surface area contributed by atoms with Gasteiger partial charge in [-0.15, -0.1) is 11.8 Å². The van der Waals surface area contributed by atoms with Gasteiger partial charge in [0.25, 0.3) is 0 Å². The number of ether oxygens (including phenoxy) is 1. The fourth-order valence-corrected chi connectivity index (χ4v) is 3.42. The predicted molar refractivity (Wildman–Crippen MR) is 85.6 cm³/mol. The van der Waals surface area contributed by atoms with Gasteiger partial charge in [-0.2, -0.15) is 5.10 Å². The monoisotopic (exact) mass is 296 g/mol. The quantitative estimate of drug-likeness (QED) is 0.683. The molecule has 0 saturated carbocycles. The van der Waals surface area contributed by atoms with Gasteiger partial charge in [-0.1, -0.05) is 30.3 Å². The Bertz CT molecular complexity index is 750. The number of rotatable bonds is 4. The molecule has 1 aliphatic rings. The summed E-state index contributed by atoms with van der Waals surface area (Å²) in [4.78, 5) is 1.29. The van der Waals surface area contributed by atoms with Gasteiger partial charge in [0.15, 0.2) is 0 Å². The van der Waals surface area contributed by atoms with Crippen molar-refractivity contribution < 1.29 is 4.74 Å². The van der Waals surface area contributed by atoms with Gasteiger partial charge in [0.05, 0.1) is 31.0 Å². The Hall–Kier alpha value is -1.78. The molecule has 1 fully saturated rings. The highest BCUT2D eigenvalue weighted by atomic mass is 32.2. The number of nitrogens with zero attached hydrogens (tertiary/aromatic N) is 2. The Morgan fingerprint density at radius 2 is 2.00 bits per heavy atom. The van der Waals surface area contributed by atoms with Gasteiger partial charge in [-0.25, -0.2) is 0 Å². The first-order valence-electron chi connectivity index (χ1n) is 7.12. The molecule has 2 heterocycles. The zero-order valence-corrected chi connectivity index (χ0v) is 12.4. The molecule has 0 spiro atoms. The summed E-state index contributed by atoms with van der Waals surface area (Å²) in [5, 5.41) is 5.71. The van der Waals surface area contributed by atoms with E-state index in [1.807, 2.05) is 18.0 Å². The van der Waals surface area contributed by atoms with Crippen molar-refractivity contribution in [3.8, 4) is 0 Å². The van der Waals surface area contributed by atoms with E-state index in [-0.39, 0.29) is 0 Å². The molecule has 106 valence electrons. The predicted octanol–water partition coefficient (Wildman–Crippen LogP) is 3.90. The van der Waals surface area contributed by atoms with Gasteiger partial charge in [-0.05, 0) is 23.8 Å². The van der Waals surface area contributed by atoms with E-state index in [2.05, 4.69) is 58.3 Å². The third-order valence-electron chi connectivity index (χ3n) is 3.78. The zero-order chi connectivity index (χ0) is 14.1. The van der Waals surface area contributed by atoms with E-state index < -0.39 is 0 Å². The first kappa shape index (κ1) is 12.9. The standard InChI is InChI=1S/C17H16N2OS/c1-2-4-13(5-3-1)12-21-16-6-7-17-14(8-16)9-18-19(17)15-10-20-11-15/h1-9,15H,10-12H2. The summed E-state index contributed by atoms with van der Waals surface area (Å²) >= 11 is 1.86. The molecule has 0 aliphatic carbocycles. The zero-order valence-electron chi connectivity index (χ0n) is 11.6. The summed E-state index contributed by atoms with van der Waals surface area (Å²) < 4.78 is 7.34. The van der Waals surface area contributed by atoms with Crippen molar-refractivity contribution in [2.45, 2.75) is 16.7 Å². The number of hydrogen-bond acceptors (Lipinski definition) is 3. The average Bonchev–Trinajstić information content (AvgIpc) is 2.88. The lowest BCUT2D eigenvalue weighted by Crippen LogP contribution is -2.31. The second kappa shape index (κ2) is 5.54. The first-order valence-corrected chi connectivity index (χ1v) is 8.10. The lowest BCUT2D eigenvalue weighted by Gasteiger charge is -2.26. The van der Waals surface area contributed by atoms with Crippen molar-refractivity contribution >= 4 is 22.7 Å². The number of aromatic nitrogens is 2. The SMILES string of the molecule is c1ccc(CSc2ccc3c(cnn3C3COC3)c2)cc1. The average molecular weight is 296 g/mol. The van der Waals surface area contributed by atoms with Crippen LogP contribution in [-0.4, -0.2) is 23.0 Å². The molecular weight excluding hydrogens is 280 g/mol. The fraction of sp³-hybridized carbons (Fsp3) is 0.235. The second-order valence-corrected chi connectivity index (χ2v) is 6.32. The van der Waals surface area contributed by atoms with Crippen LogP contribution in [0.4, 0.5) is 0 Å². The van der Waals surface area contributed by atoms with Gasteiger partial charge < -0.3 is 4.74 Å². The van der Waals surface area contributed by atoms with Crippen molar-refractivity contribution in [2.75, 3.05) is 13.2 Å². The van der Waals surface area contributed by atoms with Crippen LogP contribution in [0.1, 0.15) is 11.6 Å². The van der Waals surface area contributed by atoms with Crippen LogP contribution in [0.2, 0.25) is 0 Å². The topological polar surface area (TPSA) is 27.1 Å². The van der Waals surface area contributed by atoms with Crippen molar-refractivity contribution in [3.05, 3.63) is 60.3 Å². The number of thioether (sulfide) groups is 1. The molecule has 0 N–H and O–H groups in total. The Labute approximate surface area is 127 Å². The minimum Gasteiger partial charge on any atom is -0.377 e. The summed E-state index contributed by atoms with van der Waals surface area (Å²) in [7, 11) is 0. The molecule has 3 aromatic rings. The highest BCUT2D eigenvalue weighted by molar-refractivity contribution is 7.98. The van der Waals surface area contributed by atoms with E-state index in [4.69, 9.17) is 4.74 Å². The Morgan fingerprint density at radius 1 is 1.14 bits per heavy atom. The van der Waals surface area contributed by atoms with Crippen LogP contribution in [0.5, 0.6) is 0 Å². The number of benzene rings is 2. The molecule has 2 aromatic carbocycles. The molecule has 4 rings (SSSR count). The minimum absolute atomic E-state index is 0.408. The van der Waals surface area contributed by atoms with Crippen LogP contribution in [0, 0.1) is 0 Å². The molecule has 0 unspecified atom stereocenters. The molecule has 0 radical (unpaired) electrons. The maximum absolute atomic E-state index is 5.25. The van der Waals surface area contributed by atoms with Crippen LogP contribution in [0.3, 0.4) is 0 Å². The maximum atomic E-state index is 5.25. The Morgan fingerprint density at radius 3 is 2.76 bits per heavy atom. The number of hydrogen-bond donors (Lipinski definition) is 0. The maximum Gasteiger partial charge on any atom is 0.0992 e. The third kappa shape index (κ3) is 2.57. The van der Waals surface area contributed by atoms with E-state index in [0.717, 1.165) is 19.0 Å². The van der Waals surface area contributed by atoms with Crippen molar-refractivity contribution in [3.63, 3.8) is 0 Å². The summed E-state index contributed by atoms with van der Waals surface area (Å²) in [6.07, 6.45) is 1.96. The van der Waals surface area contributed by atoms with Gasteiger partial charge in [0.1, 0.15) is 0 Å². The highest BCUT2D eigenvalue weighted by Gasteiger charge is 2.22. The molecule has 1 saturated heterocycles. The molecule has 1 aliphatic heterocycles. The summed E-state index contributed by atoms with van der Waals surface area (Å²) in [5.74, 6) is 0.997. The molecule has 4 heteroatoms. The van der Waals surface area contributed by atoms with Crippen molar-refractivity contribution in [2.24, 2.45) is 0 Å². The summed E-state index contributed by atoms with van der Waals surface area (Å²) in [6.45, 7) is 1.56. The molecular formula is C17H16N2OS. The first-order chi connectivity index (χ1) is 10.4. The summed E-state index contributed by atoms with van der Waals surface area (Å²) in [5.41, 5.74) is 2.55. The molecule has 1 aromatic heterocycles. The van der Waals surface area contributed by atoms with Crippen LogP contribution >= 0.6 is 11.8 Å². The normalized spacial score (nSPS) is 15.2. The molecule has 3 nitrogen and oxygen atoms in total. The molecule has 0 amide bonds. The Kier molecular flexibility index (Phi) is 3.41. The van der Waals surface area contributed by atoms with E-state index in [9.17, 15) is 0 Å². The largest absolute Gasteiger partial charge is 0.377 e. The van der Waals surface area contributed by atoms with E-state index in [1.165, 1.54) is 21.4 Å². The lowest BCUT2D eigenvalue weighted by molar-refractivity contribution is -0.0266. The van der Waals surface area contributed by atoms with Crippen LogP contribution in [-0.2, 0) is 10.5 Å². The highest BCUT2D eigenvalue weighted by Crippen LogP contribution is 2.28. The van der Waals surface area contributed by atoms with Gasteiger partial charge in [0, 0.05) is 16.0 Å². The number of fused-ring (bicyclic) bond motifs is 1. The van der Waals surface area contributed by atoms with Gasteiger partial charge in [0.2, 0.25) is 0 Å². The van der Waals surface area contributed by atoms with E-state index in [1.54, 1.807) is 0 Å². The molecule has 21 heavy (non-hydrogen) atoms. The second-order valence-electron chi connectivity index (χ2n) is 5.28. The van der Waals surface area contributed by atoms with E-state index >= 15 is 0 Å². The van der Waals surface area contributed by atoms with Gasteiger partial charge in [-0.3, -0.25) is 4.68 Å². The Balaban J connectivity index is 1.54. The molecule has 0 atom stereocenters. The molecule has 0 bridgehead atoms. The van der Waals surface area contributed by atoms with Gasteiger partial charge >= 0.3 is 0 Å². The lowest BCUT2D eigenvalue weighted by atomic mass is 10.2. The van der Waals surface area contributed by atoms with Crippen LogP contribution < -0.4 is 0 Å². The fourth-order valence-electron chi connectivity index (χ4n) is 2.52. The van der Waals surface area contributed by atoms with Crippen LogP contribution in [0.25, 0.3) is 10.9 Å². The van der Waals surface area contributed by atoms with E-state index in [0.29, 0.717) is 6.04 Å². The van der Waals surface area contributed by atoms with Crippen molar-refractivity contribution in [1.82, 2.24) is 9.78 Å². The summed E-state index contributed by atoms with van der Waals surface area (Å²) in [6, 6.07) is 17.6. The third-order valence-corrected chi connectivity index (χ3v) is 4.85.